The lowest BCUT2D eigenvalue weighted by molar-refractivity contribution is 0.922. The van der Waals surface area contributed by atoms with Gasteiger partial charge in [0.1, 0.15) is 5.15 Å². The summed E-state index contributed by atoms with van der Waals surface area (Å²) in [5.74, 6) is 0. The lowest BCUT2D eigenvalue weighted by Crippen LogP contribution is -1.98. The summed E-state index contributed by atoms with van der Waals surface area (Å²) in [6, 6.07) is 0. The standard InChI is InChI=1S/C11H10Cl2N4.C2H6/c1-3-5-7(4-2)17-10-8(6-14-17)9(12)15-11(13)16-10;1-2/h3-6H,1-2H3;1-2H3/b5-3-,7-4+;. The van der Waals surface area contributed by atoms with E-state index in [2.05, 4.69) is 15.1 Å². The molecule has 0 aliphatic rings. The Morgan fingerprint density at radius 3 is 2.47 bits per heavy atom. The van der Waals surface area contributed by atoms with Gasteiger partial charge in [0.25, 0.3) is 0 Å². The lowest BCUT2D eigenvalue weighted by atomic mass is 10.3. The van der Waals surface area contributed by atoms with Crippen LogP contribution in [0.4, 0.5) is 0 Å². The summed E-state index contributed by atoms with van der Waals surface area (Å²) in [7, 11) is 0. The number of allylic oxidation sites excluding steroid dienone is 4. The minimum absolute atomic E-state index is 0.111. The van der Waals surface area contributed by atoms with E-state index in [4.69, 9.17) is 23.2 Å². The molecule has 0 fully saturated rings. The van der Waals surface area contributed by atoms with E-state index in [-0.39, 0.29) is 5.28 Å². The Bertz CT molecular complexity index is 614. The summed E-state index contributed by atoms with van der Waals surface area (Å²) < 4.78 is 1.68. The first-order valence-electron chi connectivity index (χ1n) is 6.03. The van der Waals surface area contributed by atoms with Gasteiger partial charge in [-0.2, -0.15) is 10.1 Å². The number of aromatic nitrogens is 4. The van der Waals surface area contributed by atoms with Crippen molar-refractivity contribution >= 4 is 39.9 Å². The summed E-state index contributed by atoms with van der Waals surface area (Å²) in [6.07, 6.45) is 7.40. The van der Waals surface area contributed by atoms with Gasteiger partial charge in [-0.25, -0.2) is 9.67 Å². The first-order chi connectivity index (χ1) is 9.17. The third-order valence-corrected chi connectivity index (χ3v) is 2.69. The van der Waals surface area contributed by atoms with E-state index in [9.17, 15) is 0 Å². The normalized spacial score (nSPS) is 11.8. The zero-order valence-electron chi connectivity index (χ0n) is 11.4. The molecule has 0 atom stereocenters. The van der Waals surface area contributed by atoms with E-state index in [0.29, 0.717) is 16.2 Å². The predicted molar refractivity (Wildman–Crippen MR) is 81.5 cm³/mol. The molecule has 2 aromatic heterocycles. The number of hydrogen-bond donors (Lipinski definition) is 0. The third kappa shape index (κ3) is 3.33. The fraction of sp³-hybridized carbons (Fsp3) is 0.308. The maximum absolute atomic E-state index is 5.97. The lowest BCUT2D eigenvalue weighted by Gasteiger charge is -2.03. The highest BCUT2D eigenvalue weighted by molar-refractivity contribution is 6.35. The first-order valence-corrected chi connectivity index (χ1v) is 6.79. The number of fused-ring (bicyclic) bond motifs is 1. The maximum atomic E-state index is 5.97. The van der Waals surface area contributed by atoms with Crippen LogP contribution in [-0.2, 0) is 0 Å². The summed E-state index contributed by atoms with van der Waals surface area (Å²) in [5, 5.41) is 5.34. The van der Waals surface area contributed by atoms with Crippen molar-refractivity contribution in [1.82, 2.24) is 19.7 Å². The second kappa shape index (κ2) is 7.26. The van der Waals surface area contributed by atoms with Crippen LogP contribution >= 0.6 is 23.2 Å². The van der Waals surface area contributed by atoms with E-state index in [1.54, 1.807) is 10.9 Å². The van der Waals surface area contributed by atoms with E-state index < -0.39 is 0 Å². The van der Waals surface area contributed by atoms with Crippen LogP contribution in [0.1, 0.15) is 27.7 Å². The molecule has 2 heterocycles. The number of halogens is 2. The van der Waals surface area contributed by atoms with Gasteiger partial charge in [0.05, 0.1) is 17.3 Å². The largest absolute Gasteiger partial charge is 0.225 e. The van der Waals surface area contributed by atoms with Gasteiger partial charge in [0.15, 0.2) is 5.65 Å². The van der Waals surface area contributed by atoms with Crippen molar-refractivity contribution in [2.24, 2.45) is 0 Å². The zero-order chi connectivity index (χ0) is 14.4. The molecule has 0 aliphatic carbocycles. The van der Waals surface area contributed by atoms with E-state index in [0.717, 1.165) is 5.70 Å². The highest BCUT2D eigenvalue weighted by atomic mass is 35.5. The Hall–Kier alpha value is -1.39. The molecule has 0 radical (unpaired) electrons. The summed E-state index contributed by atoms with van der Waals surface area (Å²) in [5.41, 5.74) is 1.49. The molecule has 2 aromatic rings. The van der Waals surface area contributed by atoms with Crippen LogP contribution in [0, 0.1) is 0 Å². The molecular formula is C13H16Cl2N4. The Morgan fingerprint density at radius 2 is 1.89 bits per heavy atom. The number of hydrogen-bond acceptors (Lipinski definition) is 3. The van der Waals surface area contributed by atoms with Crippen molar-refractivity contribution < 1.29 is 0 Å². The van der Waals surface area contributed by atoms with Crippen molar-refractivity contribution in [1.29, 1.82) is 0 Å². The minimum atomic E-state index is 0.111. The number of nitrogens with zero attached hydrogens (tertiary/aromatic N) is 4. The molecule has 0 saturated carbocycles. The monoisotopic (exact) mass is 298 g/mol. The SMILES string of the molecule is C/C=C\C(=C/C)n1ncc2c(Cl)nc(Cl)nc21.CC. The van der Waals surface area contributed by atoms with Gasteiger partial charge < -0.3 is 0 Å². The van der Waals surface area contributed by atoms with Gasteiger partial charge in [0.2, 0.25) is 5.28 Å². The molecule has 6 heteroatoms. The van der Waals surface area contributed by atoms with Crippen LogP contribution in [0.25, 0.3) is 16.7 Å². The first kappa shape index (κ1) is 15.7. The molecule has 0 bridgehead atoms. The molecule has 0 unspecified atom stereocenters. The molecule has 2 rings (SSSR count). The Labute approximate surface area is 122 Å². The molecule has 0 saturated heterocycles. The average molecular weight is 299 g/mol. The van der Waals surface area contributed by atoms with Gasteiger partial charge in [-0.1, -0.05) is 37.6 Å². The molecule has 102 valence electrons. The van der Waals surface area contributed by atoms with Gasteiger partial charge in [-0.05, 0) is 31.5 Å². The van der Waals surface area contributed by atoms with Crippen LogP contribution in [-0.4, -0.2) is 19.7 Å². The van der Waals surface area contributed by atoms with Crippen LogP contribution in [0.2, 0.25) is 10.4 Å². The van der Waals surface area contributed by atoms with Gasteiger partial charge >= 0.3 is 0 Å². The number of rotatable bonds is 2. The molecular weight excluding hydrogens is 283 g/mol. The molecule has 19 heavy (non-hydrogen) atoms. The topological polar surface area (TPSA) is 43.6 Å². The molecule has 4 nitrogen and oxygen atoms in total. The van der Waals surface area contributed by atoms with Gasteiger partial charge in [0, 0.05) is 0 Å². The Morgan fingerprint density at radius 1 is 1.21 bits per heavy atom. The average Bonchev–Trinajstić information content (AvgIpc) is 2.82. The molecule has 0 spiro atoms. The predicted octanol–water partition coefficient (Wildman–Crippen LogP) is 4.60. The Kier molecular flexibility index (Phi) is 5.99. The van der Waals surface area contributed by atoms with Crippen molar-refractivity contribution in [3.63, 3.8) is 0 Å². The summed E-state index contributed by atoms with van der Waals surface area (Å²) in [6.45, 7) is 7.86. The quantitative estimate of drug-likeness (QED) is 0.462. The molecule has 0 aliphatic heterocycles. The van der Waals surface area contributed by atoms with Gasteiger partial charge in [-0.3, -0.25) is 0 Å². The highest BCUT2D eigenvalue weighted by Gasteiger charge is 2.11. The van der Waals surface area contributed by atoms with Crippen molar-refractivity contribution in [2.75, 3.05) is 0 Å². The van der Waals surface area contributed by atoms with E-state index in [1.165, 1.54) is 0 Å². The van der Waals surface area contributed by atoms with Crippen LogP contribution in [0.3, 0.4) is 0 Å². The summed E-state index contributed by atoms with van der Waals surface area (Å²) >= 11 is 11.8. The molecule has 0 N–H and O–H groups in total. The molecule has 0 amide bonds. The van der Waals surface area contributed by atoms with Crippen LogP contribution in [0.15, 0.2) is 24.4 Å². The van der Waals surface area contributed by atoms with Crippen LogP contribution < -0.4 is 0 Å². The summed E-state index contributed by atoms with van der Waals surface area (Å²) in [4.78, 5) is 8.02. The fourth-order valence-corrected chi connectivity index (χ4v) is 1.92. The fourth-order valence-electron chi connectivity index (χ4n) is 1.50. The minimum Gasteiger partial charge on any atom is -0.215 e. The second-order valence-corrected chi connectivity index (χ2v) is 3.99. The van der Waals surface area contributed by atoms with Crippen molar-refractivity contribution in [3.8, 4) is 0 Å². The van der Waals surface area contributed by atoms with Crippen molar-refractivity contribution in [3.05, 3.63) is 34.9 Å². The van der Waals surface area contributed by atoms with E-state index >= 15 is 0 Å². The Balaban J connectivity index is 0.000000861. The second-order valence-electron chi connectivity index (χ2n) is 3.29. The van der Waals surface area contributed by atoms with E-state index in [1.807, 2.05) is 45.9 Å². The zero-order valence-corrected chi connectivity index (χ0v) is 12.9. The van der Waals surface area contributed by atoms with Crippen molar-refractivity contribution in [2.45, 2.75) is 27.7 Å². The van der Waals surface area contributed by atoms with Gasteiger partial charge in [-0.15, -0.1) is 0 Å². The highest BCUT2D eigenvalue weighted by Crippen LogP contribution is 2.23. The van der Waals surface area contributed by atoms with Crippen LogP contribution in [0.5, 0.6) is 0 Å². The smallest absolute Gasteiger partial charge is 0.215 e. The third-order valence-electron chi connectivity index (χ3n) is 2.23. The maximum Gasteiger partial charge on any atom is 0.225 e. The molecule has 0 aromatic carbocycles.